The Kier molecular flexibility index (Phi) is 5.01. The Morgan fingerprint density at radius 1 is 1.38 bits per heavy atom. The highest BCUT2D eigenvalue weighted by atomic mass is 32.2. The monoisotopic (exact) mass is 314 g/mol. The van der Waals surface area contributed by atoms with E-state index >= 15 is 0 Å². The Balaban J connectivity index is 2.16. The molecular weight excluding hydrogens is 291 g/mol. The fraction of sp³-hybridized carbons (Fsp3) is 0.600. The summed E-state index contributed by atoms with van der Waals surface area (Å²) in [6.45, 7) is 7.41. The van der Waals surface area contributed by atoms with Gasteiger partial charge in [-0.2, -0.15) is 0 Å². The van der Waals surface area contributed by atoms with Crippen LogP contribution < -0.4 is 4.72 Å². The van der Waals surface area contributed by atoms with Crippen LogP contribution in [0.5, 0.6) is 0 Å². The summed E-state index contributed by atoms with van der Waals surface area (Å²) in [5.74, 6) is -0.665. The second kappa shape index (κ2) is 6.42. The molecule has 1 unspecified atom stereocenters. The van der Waals surface area contributed by atoms with Gasteiger partial charge in [0.2, 0.25) is 10.0 Å². The van der Waals surface area contributed by atoms with Gasteiger partial charge in [-0.25, -0.2) is 17.5 Å². The molecule has 0 radical (unpaired) electrons. The van der Waals surface area contributed by atoms with E-state index in [1.165, 1.54) is 6.07 Å². The van der Waals surface area contributed by atoms with Gasteiger partial charge in [-0.3, -0.25) is 4.90 Å². The lowest BCUT2D eigenvalue weighted by atomic mass is 10.1. The van der Waals surface area contributed by atoms with Crippen LogP contribution in [0.2, 0.25) is 0 Å². The van der Waals surface area contributed by atoms with Gasteiger partial charge >= 0.3 is 0 Å². The maximum Gasteiger partial charge on any atom is 0.243 e. The van der Waals surface area contributed by atoms with Gasteiger partial charge in [0.1, 0.15) is 10.7 Å². The Morgan fingerprint density at radius 3 is 2.76 bits per heavy atom. The van der Waals surface area contributed by atoms with Gasteiger partial charge in [0.05, 0.1) is 0 Å². The van der Waals surface area contributed by atoms with Gasteiger partial charge < -0.3 is 0 Å². The number of rotatable bonds is 4. The van der Waals surface area contributed by atoms with Crippen molar-refractivity contribution in [3.05, 3.63) is 29.6 Å². The number of benzene rings is 1. The van der Waals surface area contributed by atoms with E-state index in [-0.39, 0.29) is 10.9 Å². The van der Waals surface area contributed by atoms with Crippen molar-refractivity contribution < 1.29 is 12.8 Å². The van der Waals surface area contributed by atoms with Crippen LogP contribution in [0.1, 0.15) is 32.3 Å². The number of hydrogen-bond donors (Lipinski definition) is 1. The highest BCUT2D eigenvalue weighted by molar-refractivity contribution is 7.89. The van der Waals surface area contributed by atoms with Crippen molar-refractivity contribution in [1.29, 1.82) is 0 Å². The Bertz CT molecular complexity index is 602. The standard InChI is InChI=1S/C15H23FN2O2S/c1-11(2)18-9-5-7-13(10-18)17-21(19,20)14-8-4-6-12(3)15(14)16/h4,6,8,11,13,17H,5,7,9-10H2,1-3H3. The molecule has 1 aliphatic rings. The van der Waals surface area contributed by atoms with Gasteiger partial charge in [0.25, 0.3) is 0 Å². The zero-order valence-corrected chi connectivity index (χ0v) is 13.6. The number of piperidine rings is 1. The van der Waals surface area contributed by atoms with Crippen LogP contribution >= 0.6 is 0 Å². The smallest absolute Gasteiger partial charge is 0.243 e. The van der Waals surface area contributed by atoms with E-state index < -0.39 is 15.8 Å². The molecule has 2 rings (SSSR count). The third-order valence-electron chi connectivity index (χ3n) is 3.95. The fourth-order valence-corrected chi connectivity index (χ4v) is 4.10. The van der Waals surface area contributed by atoms with Crippen molar-refractivity contribution in [1.82, 2.24) is 9.62 Å². The first-order chi connectivity index (χ1) is 9.81. The number of nitrogens with one attached hydrogen (secondary N) is 1. The molecule has 1 atom stereocenters. The Hall–Kier alpha value is -0.980. The maximum atomic E-state index is 14.0. The molecule has 0 aliphatic carbocycles. The molecule has 1 aromatic carbocycles. The van der Waals surface area contributed by atoms with E-state index in [1.54, 1.807) is 19.1 Å². The summed E-state index contributed by atoms with van der Waals surface area (Å²) in [5.41, 5.74) is 0.338. The zero-order chi connectivity index (χ0) is 15.6. The van der Waals surface area contributed by atoms with Crippen molar-refractivity contribution in [2.45, 2.75) is 50.6 Å². The molecule has 4 nitrogen and oxygen atoms in total. The van der Waals surface area contributed by atoms with Crippen LogP contribution in [0.3, 0.4) is 0 Å². The lowest BCUT2D eigenvalue weighted by Gasteiger charge is -2.35. The molecule has 1 N–H and O–H groups in total. The first kappa shape index (κ1) is 16.4. The molecule has 0 spiro atoms. The summed E-state index contributed by atoms with van der Waals surface area (Å²) in [5, 5.41) is 0. The summed E-state index contributed by atoms with van der Waals surface area (Å²) in [6.07, 6.45) is 1.73. The quantitative estimate of drug-likeness (QED) is 0.927. The summed E-state index contributed by atoms with van der Waals surface area (Å²) in [4.78, 5) is 1.98. The van der Waals surface area contributed by atoms with E-state index in [1.807, 2.05) is 0 Å². The summed E-state index contributed by atoms with van der Waals surface area (Å²) in [6, 6.07) is 4.66. The van der Waals surface area contributed by atoms with Crippen LogP contribution in [-0.2, 0) is 10.0 Å². The highest BCUT2D eigenvalue weighted by Crippen LogP contribution is 2.20. The second-order valence-corrected chi connectivity index (χ2v) is 7.62. The molecule has 6 heteroatoms. The Labute approximate surface area is 126 Å². The third-order valence-corrected chi connectivity index (χ3v) is 5.49. The molecule has 0 amide bonds. The van der Waals surface area contributed by atoms with Crippen molar-refractivity contribution in [3.8, 4) is 0 Å². The SMILES string of the molecule is Cc1cccc(S(=O)(=O)NC2CCCN(C(C)C)C2)c1F. The van der Waals surface area contributed by atoms with Gasteiger partial charge in [0.15, 0.2) is 0 Å². The molecule has 1 saturated heterocycles. The number of halogens is 1. The molecule has 21 heavy (non-hydrogen) atoms. The number of nitrogens with zero attached hydrogens (tertiary/aromatic N) is 1. The van der Waals surface area contributed by atoms with Gasteiger partial charge in [-0.1, -0.05) is 12.1 Å². The van der Waals surface area contributed by atoms with Crippen molar-refractivity contribution in [2.24, 2.45) is 0 Å². The normalized spacial score (nSPS) is 20.9. The van der Waals surface area contributed by atoms with Crippen LogP contribution in [0.25, 0.3) is 0 Å². The van der Waals surface area contributed by atoms with Crippen molar-refractivity contribution in [2.75, 3.05) is 13.1 Å². The van der Waals surface area contributed by atoms with Crippen molar-refractivity contribution in [3.63, 3.8) is 0 Å². The summed E-state index contributed by atoms with van der Waals surface area (Å²) < 4.78 is 41.4. The lowest BCUT2D eigenvalue weighted by molar-refractivity contribution is 0.163. The van der Waals surface area contributed by atoms with Crippen LogP contribution in [-0.4, -0.2) is 38.5 Å². The lowest BCUT2D eigenvalue weighted by Crippen LogP contribution is -2.49. The highest BCUT2D eigenvalue weighted by Gasteiger charge is 2.28. The molecule has 1 aromatic rings. The molecular formula is C15H23FN2O2S. The van der Waals surface area contributed by atoms with Crippen LogP contribution in [0, 0.1) is 12.7 Å². The molecule has 1 aliphatic heterocycles. The summed E-state index contributed by atoms with van der Waals surface area (Å²) >= 11 is 0. The van der Waals surface area contributed by atoms with E-state index in [0.29, 0.717) is 18.2 Å². The number of aryl methyl sites for hydroxylation is 1. The molecule has 118 valence electrons. The zero-order valence-electron chi connectivity index (χ0n) is 12.8. The molecule has 0 saturated carbocycles. The predicted octanol–water partition coefficient (Wildman–Crippen LogP) is 2.29. The maximum absolute atomic E-state index is 14.0. The fourth-order valence-electron chi connectivity index (χ4n) is 2.68. The van der Waals surface area contributed by atoms with E-state index in [2.05, 4.69) is 23.5 Å². The minimum Gasteiger partial charge on any atom is -0.299 e. The average Bonchev–Trinajstić information content (AvgIpc) is 2.41. The number of likely N-dealkylation sites (tertiary alicyclic amines) is 1. The molecule has 0 aromatic heterocycles. The molecule has 1 heterocycles. The average molecular weight is 314 g/mol. The van der Waals surface area contributed by atoms with Crippen LogP contribution in [0.15, 0.2) is 23.1 Å². The number of sulfonamides is 1. The first-order valence-corrected chi connectivity index (χ1v) is 8.81. The predicted molar refractivity (Wildman–Crippen MR) is 81.2 cm³/mol. The van der Waals surface area contributed by atoms with E-state index in [0.717, 1.165) is 19.4 Å². The number of hydrogen-bond acceptors (Lipinski definition) is 3. The van der Waals surface area contributed by atoms with Crippen molar-refractivity contribution >= 4 is 10.0 Å². The summed E-state index contributed by atoms with van der Waals surface area (Å²) in [7, 11) is -3.81. The Morgan fingerprint density at radius 2 is 2.10 bits per heavy atom. The van der Waals surface area contributed by atoms with Gasteiger partial charge in [-0.15, -0.1) is 0 Å². The van der Waals surface area contributed by atoms with E-state index in [9.17, 15) is 12.8 Å². The van der Waals surface area contributed by atoms with Gasteiger partial charge in [0, 0.05) is 18.6 Å². The second-order valence-electron chi connectivity index (χ2n) is 5.94. The van der Waals surface area contributed by atoms with Crippen LogP contribution in [0.4, 0.5) is 4.39 Å². The largest absolute Gasteiger partial charge is 0.299 e. The molecule has 1 fully saturated rings. The van der Waals surface area contributed by atoms with E-state index in [4.69, 9.17) is 0 Å². The van der Waals surface area contributed by atoms with Gasteiger partial charge in [-0.05, 0) is 51.8 Å². The molecule has 0 bridgehead atoms. The topological polar surface area (TPSA) is 49.4 Å². The minimum atomic E-state index is -3.81. The first-order valence-electron chi connectivity index (χ1n) is 7.33. The third kappa shape index (κ3) is 3.81. The minimum absolute atomic E-state index is 0.161.